The SMILES string of the molecule is CNC(CC(C)O)C(=O)NCc1ccc(-c2scnc2C)cc1. The van der Waals surface area contributed by atoms with Crippen LogP contribution in [0.25, 0.3) is 10.4 Å². The maximum atomic E-state index is 12.1. The fourth-order valence-electron chi connectivity index (χ4n) is 2.36. The topological polar surface area (TPSA) is 74.2 Å². The molecule has 5 nitrogen and oxygen atoms in total. The van der Waals surface area contributed by atoms with E-state index in [0.717, 1.165) is 16.8 Å². The molecule has 0 fully saturated rings. The third-order valence-corrected chi connectivity index (χ3v) is 4.65. The van der Waals surface area contributed by atoms with Crippen molar-refractivity contribution < 1.29 is 9.90 Å². The van der Waals surface area contributed by atoms with E-state index in [1.165, 1.54) is 4.88 Å². The molecule has 23 heavy (non-hydrogen) atoms. The first-order valence-electron chi connectivity index (χ1n) is 7.63. The number of nitrogens with zero attached hydrogens (tertiary/aromatic N) is 1. The van der Waals surface area contributed by atoms with E-state index in [9.17, 15) is 9.90 Å². The number of aliphatic hydroxyl groups excluding tert-OH is 1. The van der Waals surface area contributed by atoms with Crippen LogP contribution in [0.4, 0.5) is 0 Å². The number of likely N-dealkylation sites (N-methyl/N-ethyl adjacent to an activating group) is 1. The molecule has 2 unspecified atom stereocenters. The quantitative estimate of drug-likeness (QED) is 0.725. The molecule has 124 valence electrons. The van der Waals surface area contributed by atoms with Crippen LogP contribution >= 0.6 is 11.3 Å². The summed E-state index contributed by atoms with van der Waals surface area (Å²) in [7, 11) is 1.72. The predicted octanol–water partition coefficient (Wildman–Crippen LogP) is 2.09. The normalized spacial score (nSPS) is 13.6. The van der Waals surface area contributed by atoms with E-state index in [-0.39, 0.29) is 11.9 Å². The molecule has 1 aromatic carbocycles. The Morgan fingerprint density at radius 1 is 1.35 bits per heavy atom. The van der Waals surface area contributed by atoms with Gasteiger partial charge in [0, 0.05) is 6.54 Å². The summed E-state index contributed by atoms with van der Waals surface area (Å²) in [6.07, 6.45) is -0.119. The van der Waals surface area contributed by atoms with Crippen molar-refractivity contribution in [1.82, 2.24) is 15.6 Å². The van der Waals surface area contributed by atoms with Crippen LogP contribution in [0.5, 0.6) is 0 Å². The maximum absolute atomic E-state index is 12.1. The van der Waals surface area contributed by atoms with Gasteiger partial charge in [-0.15, -0.1) is 11.3 Å². The molecule has 0 aliphatic heterocycles. The summed E-state index contributed by atoms with van der Waals surface area (Å²) < 4.78 is 0. The standard InChI is InChI=1S/C17H23N3O2S/c1-11(21)8-15(18-3)17(22)19-9-13-4-6-14(7-5-13)16-12(2)20-10-23-16/h4-7,10-11,15,18,21H,8-9H2,1-3H3,(H,19,22). The molecule has 0 radical (unpaired) electrons. The Morgan fingerprint density at radius 3 is 2.57 bits per heavy atom. The highest BCUT2D eigenvalue weighted by Crippen LogP contribution is 2.27. The number of hydrogen-bond acceptors (Lipinski definition) is 5. The zero-order valence-corrected chi connectivity index (χ0v) is 14.5. The first-order chi connectivity index (χ1) is 11.0. The van der Waals surface area contributed by atoms with Crippen molar-refractivity contribution in [2.24, 2.45) is 0 Å². The van der Waals surface area contributed by atoms with Crippen LogP contribution in [-0.2, 0) is 11.3 Å². The number of hydrogen-bond donors (Lipinski definition) is 3. The second-order valence-corrected chi connectivity index (χ2v) is 6.46. The predicted molar refractivity (Wildman–Crippen MR) is 93.3 cm³/mol. The summed E-state index contributed by atoms with van der Waals surface area (Å²) in [6.45, 7) is 4.15. The van der Waals surface area contributed by atoms with Crippen LogP contribution < -0.4 is 10.6 Å². The van der Waals surface area contributed by atoms with Gasteiger partial charge >= 0.3 is 0 Å². The minimum absolute atomic E-state index is 0.101. The second-order valence-electron chi connectivity index (χ2n) is 5.61. The van der Waals surface area contributed by atoms with E-state index in [1.807, 2.05) is 36.7 Å². The van der Waals surface area contributed by atoms with Crippen molar-refractivity contribution >= 4 is 17.2 Å². The Bertz CT molecular complexity index is 638. The van der Waals surface area contributed by atoms with Gasteiger partial charge in [-0.3, -0.25) is 4.79 Å². The number of carbonyl (C=O) groups is 1. The minimum atomic E-state index is -0.514. The second kappa shape index (κ2) is 8.19. The molecule has 1 heterocycles. The van der Waals surface area contributed by atoms with Crippen LogP contribution in [-0.4, -0.2) is 35.2 Å². The highest BCUT2D eigenvalue weighted by Gasteiger charge is 2.17. The third-order valence-electron chi connectivity index (χ3n) is 3.67. The third kappa shape index (κ3) is 4.86. The molecule has 0 aliphatic rings. The molecule has 2 aromatic rings. The zero-order chi connectivity index (χ0) is 16.8. The van der Waals surface area contributed by atoms with Gasteiger partial charge in [0.15, 0.2) is 0 Å². The van der Waals surface area contributed by atoms with Crippen molar-refractivity contribution in [3.05, 3.63) is 41.0 Å². The molecule has 1 amide bonds. The number of rotatable bonds is 7. The molecule has 3 N–H and O–H groups in total. The lowest BCUT2D eigenvalue weighted by Crippen LogP contribution is -2.43. The van der Waals surface area contributed by atoms with Crippen molar-refractivity contribution in [3.63, 3.8) is 0 Å². The number of aliphatic hydroxyl groups is 1. The van der Waals surface area contributed by atoms with Gasteiger partial charge in [0.1, 0.15) is 0 Å². The summed E-state index contributed by atoms with van der Waals surface area (Å²) >= 11 is 1.63. The first-order valence-corrected chi connectivity index (χ1v) is 8.51. The highest BCUT2D eigenvalue weighted by atomic mass is 32.1. The molecule has 1 aromatic heterocycles. The van der Waals surface area contributed by atoms with Gasteiger partial charge in [0.2, 0.25) is 5.91 Å². The molecule has 0 aliphatic carbocycles. The van der Waals surface area contributed by atoms with Crippen LogP contribution in [0, 0.1) is 6.92 Å². The summed E-state index contributed by atoms with van der Waals surface area (Å²) in [5.41, 5.74) is 5.06. The molecule has 2 rings (SSSR count). The van der Waals surface area contributed by atoms with Crippen LogP contribution in [0.15, 0.2) is 29.8 Å². The van der Waals surface area contributed by atoms with Crippen molar-refractivity contribution in [3.8, 4) is 10.4 Å². The monoisotopic (exact) mass is 333 g/mol. The Kier molecular flexibility index (Phi) is 6.27. The summed E-state index contributed by atoms with van der Waals surface area (Å²) in [6, 6.07) is 7.74. The lowest BCUT2D eigenvalue weighted by molar-refractivity contribution is -0.123. The van der Waals surface area contributed by atoms with Gasteiger partial charge in [-0.05, 0) is 38.4 Å². The van der Waals surface area contributed by atoms with E-state index < -0.39 is 6.10 Å². The van der Waals surface area contributed by atoms with Gasteiger partial charge < -0.3 is 15.7 Å². The number of thiazole rings is 1. The highest BCUT2D eigenvalue weighted by molar-refractivity contribution is 7.13. The fraction of sp³-hybridized carbons (Fsp3) is 0.412. The van der Waals surface area contributed by atoms with Crippen LogP contribution in [0.3, 0.4) is 0 Å². The Balaban J connectivity index is 1.94. The summed E-state index contributed by atoms with van der Waals surface area (Å²) in [5, 5.41) is 15.2. The first kappa shape index (κ1) is 17.6. The van der Waals surface area contributed by atoms with Gasteiger partial charge in [0.25, 0.3) is 0 Å². The average molecular weight is 333 g/mol. The van der Waals surface area contributed by atoms with Gasteiger partial charge in [-0.1, -0.05) is 24.3 Å². The summed E-state index contributed by atoms with van der Waals surface area (Å²) in [5.74, 6) is -0.101. The Hall–Kier alpha value is -1.76. The van der Waals surface area contributed by atoms with E-state index in [1.54, 1.807) is 25.3 Å². The van der Waals surface area contributed by atoms with Gasteiger partial charge in [-0.2, -0.15) is 0 Å². The largest absolute Gasteiger partial charge is 0.393 e. The van der Waals surface area contributed by atoms with E-state index in [4.69, 9.17) is 0 Å². The zero-order valence-electron chi connectivity index (χ0n) is 13.7. The van der Waals surface area contributed by atoms with Gasteiger partial charge in [-0.25, -0.2) is 4.98 Å². The summed E-state index contributed by atoms with van der Waals surface area (Å²) in [4.78, 5) is 17.5. The maximum Gasteiger partial charge on any atom is 0.237 e. The Labute approximate surface area is 140 Å². The smallest absolute Gasteiger partial charge is 0.237 e. The molecular weight excluding hydrogens is 310 g/mol. The van der Waals surface area contributed by atoms with Crippen molar-refractivity contribution in [2.45, 2.75) is 39.0 Å². The molecule has 0 spiro atoms. The lowest BCUT2D eigenvalue weighted by Gasteiger charge is -2.17. The van der Waals surface area contributed by atoms with Crippen LogP contribution in [0.2, 0.25) is 0 Å². The van der Waals surface area contributed by atoms with Crippen LogP contribution in [0.1, 0.15) is 24.6 Å². The molecule has 0 saturated carbocycles. The molecule has 6 heteroatoms. The molecule has 2 atom stereocenters. The average Bonchev–Trinajstić information content (AvgIpc) is 2.96. The van der Waals surface area contributed by atoms with E-state index in [0.29, 0.717) is 13.0 Å². The number of amides is 1. The minimum Gasteiger partial charge on any atom is -0.393 e. The molecule has 0 saturated heterocycles. The number of nitrogens with one attached hydrogen (secondary N) is 2. The number of aromatic nitrogens is 1. The molecule has 0 bridgehead atoms. The van der Waals surface area contributed by atoms with Gasteiger partial charge in [0.05, 0.1) is 28.2 Å². The lowest BCUT2D eigenvalue weighted by atomic mass is 10.1. The Morgan fingerprint density at radius 2 is 2.04 bits per heavy atom. The van der Waals surface area contributed by atoms with Crippen molar-refractivity contribution in [2.75, 3.05) is 7.05 Å². The fourth-order valence-corrected chi connectivity index (χ4v) is 3.17. The number of aryl methyl sites for hydroxylation is 1. The number of benzene rings is 1. The van der Waals surface area contributed by atoms with Crippen molar-refractivity contribution in [1.29, 1.82) is 0 Å². The molecular formula is C17H23N3O2S. The van der Waals surface area contributed by atoms with E-state index in [2.05, 4.69) is 15.6 Å². The van der Waals surface area contributed by atoms with E-state index >= 15 is 0 Å². The number of carbonyl (C=O) groups excluding carboxylic acids is 1.